The SMILES string of the molecule is CON(C)C(=O)c1cc2c(C)c(Br)ccc2[nH]1. The second-order valence-electron chi connectivity index (χ2n) is 3.80. The Morgan fingerprint density at radius 3 is 2.82 bits per heavy atom. The maximum atomic E-state index is 11.9. The van der Waals surface area contributed by atoms with Crippen molar-refractivity contribution in [3.8, 4) is 0 Å². The Hall–Kier alpha value is -1.33. The highest BCUT2D eigenvalue weighted by molar-refractivity contribution is 9.10. The number of fused-ring (bicyclic) bond motifs is 1. The summed E-state index contributed by atoms with van der Waals surface area (Å²) in [5.41, 5.74) is 2.57. The van der Waals surface area contributed by atoms with Crippen LogP contribution in [0.2, 0.25) is 0 Å². The molecule has 1 N–H and O–H groups in total. The minimum absolute atomic E-state index is 0.195. The van der Waals surface area contributed by atoms with Crippen LogP contribution in [0.5, 0.6) is 0 Å². The average molecular weight is 297 g/mol. The molecule has 0 radical (unpaired) electrons. The molecule has 0 aliphatic heterocycles. The number of rotatable bonds is 2. The summed E-state index contributed by atoms with van der Waals surface area (Å²) in [5, 5.41) is 2.22. The smallest absolute Gasteiger partial charge is 0.293 e. The summed E-state index contributed by atoms with van der Waals surface area (Å²) < 4.78 is 1.03. The minimum atomic E-state index is -0.195. The van der Waals surface area contributed by atoms with E-state index in [1.54, 1.807) is 7.05 Å². The Balaban J connectivity index is 2.52. The molecule has 1 aromatic carbocycles. The molecule has 0 spiro atoms. The fourth-order valence-corrected chi connectivity index (χ4v) is 2.04. The van der Waals surface area contributed by atoms with Gasteiger partial charge < -0.3 is 4.98 Å². The zero-order valence-corrected chi connectivity index (χ0v) is 11.5. The van der Waals surface area contributed by atoms with Crippen molar-refractivity contribution in [2.75, 3.05) is 14.2 Å². The average Bonchev–Trinajstić information content (AvgIpc) is 2.76. The van der Waals surface area contributed by atoms with Gasteiger partial charge in [0.2, 0.25) is 0 Å². The summed E-state index contributed by atoms with van der Waals surface area (Å²) in [6.07, 6.45) is 0. The van der Waals surface area contributed by atoms with Crippen LogP contribution in [-0.2, 0) is 4.84 Å². The number of nitrogens with one attached hydrogen (secondary N) is 1. The van der Waals surface area contributed by atoms with Crippen molar-refractivity contribution in [1.29, 1.82) is 0 Å². The molecule has 2 aromatic rings. The lowest BCUT2D eigenvalue weighted by Crippen LogP contribution is -2.25. The van der Waals surface area contributed by atoms with Crippen LogP contribution in [0.1, 0.15) is 16.1 Å². The molecule has 0 aliphatic carbocycles. The van der Waals surface area contributed by atoms with Gasteiger partial charge in [0.15, 0.2) is 0 Å². The van der Waals surface area contributed by atoms with Gasteiger partial charge >= 0.3 is 0 Å². The van der Waals surface area contributed by atoms with Crippen molar-refractivity contribution in [2.24, 2.45) is 0 Å². The van der Waals surface area contributed by atoms with E-state index in [0.717, 1.165) is 20.9 Å². The largest absolute Gasteiger partial charge is 0.350 e. The van der Waals surface area contributed by atoms with E-state index < -0.39 is 0 Å². The summed E-state index contributed by atoms with van der Waals surface area (Å²) in [6, 6.07) is 5.74. The first-order chi connectivity index (χ1) is 8.04. The molecule has 1 aromatic heterocycles. The van der Waals surface area contributed by atoms with Gasteiger partial charge in [-0.05, 0) is 30.7 Å². The molecule has 0 unspecified atom stereocenters. The number of aromatic amines is 1. The number of carbonyl (C=O) groups is 1. The molecular formula is C12H13BrN2O2. The highest BCUT2D eigenvalue weighted by Gasteiger charge is 2.15. The molecule has 4 nitrogen and oxygen atoms in total. The molecule has 0 aliphatic rings. The second-order valence-corrected chi connectivity index (χ2v) is 4.66. The van der Waals surface area contributed by atoms with Gasteiger partial charge in [0.1, 0.15) is 5.69 Å². The molecular weight excluding hydrogens is 284 g/mol. The maximum absolute atomic E-state index is 11.9. The van der Waals surface area contributed by atoms with E-state index in [4.69, 9.17) is 4.84 Å². The third kappa shape index (κ3) is 2.08. The van der Waals surface area contributed by atoms with Crippen LogP contribution in [0.4, 0.5) is 0 Å². The number of nitrogens with zero attached hydrogens (tertiary/aromatic N) is 1. The van der Waals surface area contributed by atoms with Crippen molar-refractivity contribution in [2.45, 2.75) is 6.92 Å². The third-order valence-corrected chi connectivity index (χ3v) is 3.66. The molecule has 0 atom stereocenters. The van der Waals surface area contributed by atoms with Crippen LogP contribution < -0.4 is 0 Å². The molecule has 1 heterocycles. The van der Waals surface area contributed by atoms with E-state index in [2.05, 4.69) is 20.9 Å². The number of hydrogen-bond acceptors (Lipinski definition) is 2. The molecule has 90 valence electrons. The lowest BCUT2D eigenvalue weighted by molar-refractivity contribution is -0.0759. The molecule has 1 amide bonds. The first kappa shape index (κ1) is 12.1. The standard InChI is InChI=1S/C12H13BrN2O2/c1-7-8-6-11(12(16)15(2)17-3)14-10(8)5-4-9(7)13/h4-6,14H,1-3H3. The van der Waals surface area contributed by atoms with Crippen molar-refractivity contribution in [3.63, 3.8) is 0 Å². The summed E-state index contributed by atoms with van der Waals surface area (Å²) >= 11 is 3.47. The van der Waals surface area contributed by atoms with Gasteiger partial charge in [0, 0.05) is 22.4 Å². The molecule has 0 fully saturated rings. The number of amides is 1. The zero-order valence-electron chi connectivity index (χ0n) is 9.87. The summed E-state index contributed by atoms with van der Waals surface area (Å²) in [6.45, 7) is 2.01. The summed E-state index contributed by atoms with van der Waals surface area (Å²) in [7, 11) is 3.04. The summed E-state index contributed by atoms with van der Waals surface area (Å²) in [5.74, 6) is -0.195. The van der Waals surface area contributed by atoms with Gasteiger partial charge in [-0.25, -0.2) is 5.06 Å². The Labute approximate surface area is 108 Å². The van der Waals surface area contributed by atoms with Gasteiger partial charge in [-0.15, -0.1) is 0 Å². The Morgan fingerprint density at radius 2 is 2.18 bits per heavy atom. The lowest BCUT2D eigenvalue weighted by atomic mass is 10.1. The molecule has 5 heteroatoms. The zero-order chi connectivity index (χ0) is 12.6. The number of hydroxylamine groups is 2. The van der Waals surface area contributed by atoms with E-state index in [1.165, 1.54) is 12.2 Å². The predicted octanol–water partition coefficient (Wildman–Crippen LogP) is 2.87. The number of benzene rings is 1. The highest BCUT2D eigenvalue weighted by Crippen LogP contribution is 2.26. The van der Waals surface area contributed by atoms with Gasteiger partial charge in [0.25, 0.3) is 5.91 Å². The van der Waals surface area contributed by atoms with Gasteiger partial charge in [-0.2, -0.15) is 0 Å². The Bertz CT molecular complexity index is 577. The van der Waals surface area contributed by atoms with Crippen molar-refractivity contribution in [3.05, 3.63) is 33.9 Å². The first-order valence-electron chi connectivity index (χ1n) is 5.14. The molecule has 17 heavy (non-hydrogen) atoms. The van der Waals surface area contributed by atoms with Crippen molar-refractivity contribution < 1.29 is 9.63 Å². The second kappa shape index (κ2) is 4.50. The number of aryl methyl sites for hydroxylation is 1. The minimum Gasteiger partial charge on any atom is -0.350 e. The van der Waals surface area contributed by atoms with Gasteiger partial charge in [-0.1, -0.05) is 15.9 Å². The third-order valence-electron chi connectivity index (χ3n) is 2.80. The predicted molar refractivity (Wildman–Crippen MR) is 69.8 cm³/mol. The molecule has 0 saturated carbocycles. The molecule has 2 rings (SSSR count). The van der Waals surface area contributed by atoms with Gasteiger partial charge in [0.05, 0.1) is 7.11 Å². The monoisotopic (exact) mass is 296 g/mol. The van der Waals surface area contributed by atoms with Crippen LogP contribution in [0.15, 0.2) is 22.7 Å². The van der Waals surface area contributed by atoms with E-state index in [0.29, 0.717) is 5.69 Å². The topological polar surface area (TPSA) is 45.3 Å². The Kier molecular flexibility index (Phi) is 3.22. The number of H-pyrrole nitrogens is 1. The summed E-state index contributed by atoms with van der Waals surface area (Å²) in [4.78, 5) is 19.9. The van der Waals surface area contributed by atoms with Crippen LogP contribution in [0.3, 0.4) is 0 Å². The van der Waals surface area contributed by atoms with E-state index in [9.17, 15) is 4.79 Å². The first-order valence-corrected chi connectivity index (χ1v) is 5.94. The molecule has 0 bridgehead atoms. The van der Waals surface area contributed by atoms with Crippen LogP contribution in [0.25, 0.3) is 10.9 Å². The fourth-order valence-electron chi connectivity index (χ4n) is 1.69. The van der Waals surface area contributed by atoms with E-state index in [1.807, 2.05) is 25.1 Å². The molecule has 0 saturated heterocycles. The quantitative estimate of drug-likeness (QED) is 0.866. The number of aromatic nitrogens is 1. The maximum Gasteiger partial charge on any atom is 0.293 e. The lowest BCUT2D eigenvalue weighted by Gasteiger charge is -2.11. The van der Waals surface area contributed by atoms with Gasteiger partial charge in [-0.3, -0.25) is 9.63 Å². The number of halogens is 1. The van der Waals surface area contributed by atoms with Crippen LogP contribution >= 0.6 is 15.9 Å². The van der Waals surface area contributed by atoms with Crippen molar-refractivity contribution in [1.82, 2.24) is 10.0 Å². The van der Waals surface area contributed by atoms with E-state index >= 15 is 0 Å². The van der Waals surface area contributed by atoms with Crippen LogP contribution in [0, 0.1) is 6.92 Å². The van der Waals surface area contributed by atoms with E-state index in [-0.39, 0.29) is 5.91 Å². The Morgan fingerprint density at radius 1 is 1.47 bits per heavy atom. The number of hydrogen-bond donors (Lipinski definition) is 1. The highest BCUT2D eigenvalue weighted by atomic mass is 79.9. The normalized spacial score (nSPS) is 10.8. The van der Waals surface area contributed by atoms with Crippen LogP contribution in [-0.4, -0.2) is 30.1 Å². The number of carbonyl (C=O) groups excluding carboxylic acids is 1. The van der Waals surface area contributed by atoms with Crippen molar-refractivity contribution >= 4 is 32.7 Å². The fraction of sp³-hybridized carbons (Fsp3) is 0.250.